The molecule has 1 aliphatic carbocycles. The van der Waals surface area contributed by atoms with Crippen LogP contribution in [0.25, 0.3) is 0 Å². The largest absolute Gasteiger partial charge is 0.394 e. The molecule has 2 fully saturated rings. The van der Waals surface area contributed by atoms with E-state index in [0.29, 0.717) is 18.3 Å². The van der Waals surface area contributed by atoms with Crippen LogP contribution in [0.1, 0.15) is 19.3 Å². The highest BCUT2D eigenvalue weighted by Gasteiger charge is 2.32. The van der Waals surface area contributed by atoms with Crippen LogP contribution in [0.3, 0.4) is 0 Å². The maximum atomic E-state index is 13.5. The number of hydrogen-bond donors (Lipinski definition) is 2. The van der Waals surface area contributed by atoms with Crippen molar-refractivity contribution in [1.29, 1.82) is 0 Å². The number of anilines is 1. The first-order valence-corrected chi connectivity index (χ1v) is 8.95. The van der Waals surface area contributed by atoms with Crippen LogP contribution in [0, 0.1) is 5.92 Å². The summed E-state index contributed by atoms with van der Waals surface area (Å²) in [5.74, 6) is 0.943. The van der Waals surface area contributed by atoms with Gasteiger partial charge in [0.15, 0.2) is 0 Å². The van der Waals surface area contributed by atoms with Crippen molar-refractivity contribution in [3.05, 3.63) is 18.3 Å². The number of pyridine rings is 1. The molecular weight excluding hydrogens is 309 g/mol. The van der Waals surface area contributed by atoms with Gasteiger partial charge in [-0.15, -0.1) is 0 Å². The molecule has 2 atom stereocenters. The van der Waals surface area contributed by atoms with Crippen molar-refractivity contribution in [2.24, 2.45) is 5.92 Å². The van der Waals surface area contributed by atoms with Gasteiger partial charge in [-0.2, -0.15) is 0 Å². The molecule has 1 saturated carbocycles. The molecule has 0 aromatic carbocycles. The minimum atomic E-state index is -3.54. The number of alkyl halides is 1. The third-order valence-electron chi connectivity index (χ3n) is 4.16. The maximum Gasteiger partial charge on any atom is 0.242 e. The number of rotatable bonds is 6. The smallest absolute Gasteiger partial charge is 0.242 e. The van der Waals surface area contributed by atoms with Crippen LogP contribution in [0.2, 0.25) is 0 Å². The van der Waals surface area contributed by atoms with Crippen LogP contribution in [0.15, 0.2) is 23.2 Å². The summed E-state index contributed by atoms with van der Waals surface area (Å²) in [5.41, 5.74) is 0. The third kappa shape index (κ3) is 3.39. The second-order valence-electron chi connectivity index (χ2n) is 5.97. The molecule has 2 aliphatic rings. The predicted molar refractivity (Wildman–Crippen MR) is 79.9 cm³/mol. The summed E-state index contributed by atoms with van der Waals surface area (Å²) in [5, 5.41) is 9.29. The van der Waals surface area contributed by atoms with Crippen LogP contribution < -0.4 is 9.62 Å². The Morgan fingerprint density at radius 2 is 2.18 bits per heavy atom. The number of aromatic nitrogens is 1. The van der Waals surface area contributed by atoms with Gasteiger partial charge in [0.25, 0.3) is 0 Å². The predicted octanol–water partition coefficient (Wildman–Crippen LogP) is 0.679. The standard InChI is InChI=1S/C14H20FN3O3S/c15-11-5-12(9-19)18(8-11)14-4-3-13(7-16-14)22(20,21)17-6-10-1-2-10/h3-4,7,10-12,17,19H,1-2,5-6,8-9H2/t11-,12-/m0/s1. The molecule has 122 valence electrons. The quantitative estimate of drug-likeness (QED) is 0.802. The Morgan fingerprint density at radius 1 is 1.41 bits per heavy atom. The van der Waals surface area contributed by atoms with Gasteiger partial charge in [0.1, 0.15) is 16.9 Å². The Labute approximate surface area is 129 Å². The van der Waals surface area contributed by atoms with E-state index in [0.717, 1.165) is 12.8 Å². The number of halogens is 1. The number of nitrogens with zero attached hydrogens (tertiary/aromatic N) is 2. The van der Waals surface area contributed by atoms with Crippen molar-refractivity contribution in [3.63, 3.8) is 0 Å². The summed E-state index contributed by atoms with van der Waals surface area (Å²) in [6, 6.07) is 2.72. The van der Waals surface area contributed by atoms with E-state index in [1.165, 1.54) is 12.3 Å². The third-order valence-corrected chi connectivity index (χ3v) is 5.57. The first kappa shape index (κ1) is 15.6. The van der Waals surface area contributed by atoms with Crippen molar-refractivity contribution in [3.8, 4) is 0 Å². The van der Waals surface area contributed by atoms with Crippen LogP contribution >= 0.6 is 0 Å². The highest BCUT2D eigenvalue weighted by Crippen LogP contribution is 2.28. The lowest BCUT2D eigenvalue weighted by Gasteiger charge is -2.23. The lowest BCUT2D eigenvalue weighted by molar-refractivity contribution is 0.255. The number of hydrogen-bond acceptors (Lipinski definition) is 5. The van der Waals surface area contributed by atoms with Crippen LogP contribution in [0.5, 0.6) is 0 Å². The summed E-state index contributed by atoms with van der Waals surface area (Å²) >= 11 is 0. The van der Waals surface area contributed by atoms with Gasteiger partial charge in [0.05, 0.1) is 19.2 Å². The minimum Gasteiger partial charge on any atom is -0.394 e. The zero-order chi connectivity index (χ0) is 15.7. The van der Waals surface area contributed by atoms with Crippen molar-refractivity contribution < 1.29 is 17.9 Å². The fourth-order valence-electron chi connectivity index (χ4n) is 2.65. The summed E-state index contributed by atoms with van der Waals surface area (Å²) in [4.78, 5) is 5.92. The van der Waals surface area contributed by atoms with E-state index in [9.17, 15) is 17.9 Å². The highest BCUT2D eigenvalue weighted by atomic mass is 32.2. The minimum absolute atomic E-state index is 0.105. The normalized spacial score (nSPS) is 25.6. The van der Waals surface area contributed by atoms with E-state index in [2.05, 4.69) is 9.71 Å². The highest BCUT2D eigenvalue weighted by molar-refractivity contribution is 7.89. The van der Waals surface area contributed by atoms with E-state index in [-0.39, 0.29) is 30.5 Å². The van der Waals surface area contributed by atoms with Gasteiger partial charge in [0, 0.05) is 19.2 Å². The molecule has 0 bridgehead atoms. The van der Waals surface area contributed by atoms with Crippen LogP contribution in [0.4, 0.5) is 10.2 Å². The number of sulfonamides is 1. The summed E-state index contributed by atoms with van der Waals surface area (Å²) in [6.07, 6.45) is 2.69. The first-order valence-electron chi connectivity index (χ1n) is 7.47. The Hall–Kier alpha value is -1.25. The van der Waals surface area contributed by atoms with Gasteiger partial charge in [-0.3, -0.25) is 0 Å². The van der Waals surface area contributed by atoms with Crippen molar-refractivity contribution in [2.75, 3.05) is 24.6 Å². The molecule has 6 nitrogen and oxygen atoms in total. The summed E-state index contributed by atoms with van der Waals surface area (Å²) in [6.45, 7) is 0.488. The lowest BCUT2D eigenvalue weighted by atomic mass is 10.2. The van der Waals surface area contributed by atoms with Crippen molar-refractivity contribution in [1.82, 2.24) is 9.71 Å². The molecule has 0 amide bonds. The molecular formula is C14H20FN3O3S. The number of nitrogens with one attached hydrogen (secondary N) is 1. The lowest BCUT2D eigenvalue weighted by Crippen LogP contribution is -2.33. The molecule has 2 heterocycles. The average molecular weight is 329 g/mol. The first-order chi connectivity index (χ1) is 10.5. The SMILES string of the molecule is O=S(=O)(NCC1CC1)c1ccc(N2C[C@@H](F)C[C@H]2CO)nc1. The second-order valence-corrected chi connectivity index (χ2v) is 7.74. The molecule has 1 aromatic rings. The topological polar surface area (TPSA) is 82.5 Å². The molecule has 3 rings (SSSR count). The molecule has 1 aliphatic heterocycles. The van der Waals surface area contributed by atoms with E-state index in [1.54, 1.807) is 11.0 Å². The number of aliphatic hydroxyl groups excluding tert-OH is 1. The molecule has 8 heteroatoms. The van der Waals surface area contributed by atoms with Gasteiger partial charge >= 0.3 is 0 Å². The van der Waals surface area contributed by atoms with E-state index in [1.807, 2.05) is 0 Å². The van der Waals surface area contributed by atoms with Gasteiger partial charge in [-0.25, -0.2) is 22.5 Å². The van der Waals surface area contributed by atoms with Gasteiger partial charge < -0.3 is 10.0 Å². The van der Waals surface area contributed by atoms with E-state index in [4.69, 9.17) is 0 Å². The van der Waals surface area contributed by atoms with Crippen LogP contribution in [-0.2, 0) is 10.0 Å². The van der Waals surface area contributed by atoms with Gasteiger partial charge in [0.2, 0.25) is 10.0 Å². The van der Waals surface area contributed by atoms with Gasteiger partial charge in [-0.05, 0) is 30.9 Å². The molecule has 0 unspecified atom stereocenters. The molecule has 2 N–H and O–H groups in total. The molecule has 1 aromatic heterocycles. The average Bonchev–Trinajstić information content (AvgIpc) is 3.26. The van der Waals surface area contributed by atoms with Crippen molar-refractivity contribution >= 4 is 15.8 Å². The molecule has 0 spiro atoms. The monoisotopic (exact) mass is 329 g/mol. The number of aliphatic hydroxyl groups is 1. The summed E-state index contributed by atoms with van der Waals surface area (Å²) in [7, 11) is -3.54. The molecule has 1 saturated heterocycles. The Morgan fingerprint density at radius 3 is 2.77 bits per heavy atom. The Bertz CT molecular complexity index is 619. The fraction of sp³-hybridized carbons (Fsp3) is 0.643. The van der Waals surface area contributed by atoms with Crippen molar-refractivity contribution in [2.45, 2.75) is 36.4 Å². The Kier molecular flexibility index (Phi) is 4.33. The molecule has 22 heavy (non-hydrogen) atoms. The molecule has 0 radical (unpaired) electrons. The zero-order valence-corrected chi connectivity index (χ0v) is 13.0. The van der Waals surface area contributed by atoms with Crippen LogP contribution in [-0.4, -0.2) is 50.4 Å². The van der Waals surface area contributed by atoms with Gasteiger partial charge in [-0.1, -0.05) is 0 Å². The summed E-state index contributed by atoms with van der Waals surface area (Å²) < 4.78 is 40.2. The maximum absolute atomic E-state index is 13.5. The zero-order valence-electron chi connectivity index (χ0n) is 12.2. The van der Waals surface area contributed by atoms with E-state index < -0.39 is 16.2 Å². The fourth-order valence-corrected chi connectivity index (χ4v) is 3.71. The second kappa shape index (κ2) is 6.10. The Balaban J connectivity index is 1.71. The van der Waals surface area contributed by atoms with E-state index >= 15 is 0 Å².